The van der Waals surface area contributed by atoms with E-state index in [4.69, 9.17) is 9.47 Å². The van der Waals surface area contributed by atoms with E-state index < -0.39 is 16.9 Å². The van der Waals surface area contributed by atoms with Gasteiger partial charge in [0.2, 0.25) is 0 Å². The predicted molar refractivity (Wildman–Crippen MR) is 119 cm³/mol. The van der Waals surface area contributed by atoms with Gasteiger partial charge in [-0.15, -0.1) is 0 Å². The Kier molecular flexibility index (Phi) is 5.75. The quantitative estimate of drug-likeness (QED) is 0.375. The molecular weight excluding hydrogens is 430 g/mol. The summed E-state index contributed by atoms with van der Waals surface area (Å²) in [6.45, 7) is 5.51. The molecule has 0 radical (unpaired) electrons. The van der Waals surface area contributed by atoms with E-state index in [0.29, 0.717) is 29.2 Å². The van der Waals surface area contributed by atoms with Crippen LogP contribution in [0.25, 0.3) is 0 Å². The number of ether oxygens (including phenoxy) is 2. The molecule has 0 saturated carbocycles. The monoisotopic (exact) mass is 453 g/mol. The van der Waals surface area contributed by atoms with E-state index in [1.165, 1.54) is 23.1 Å². The van der Waals surface area contributed by atoms with Crippen LogP contribution in [0.1, 0.15) is 31.1 Å². The number of carbonyl (C=O) groups is 3. The Balaban J connectivity index is 1.67. The van der Waals surface area contributed by atoms with Crippen molar-refractivity contribution in [3.05, 3.63) is 52.1 Å². The van der Waals surface area contributed by atoms with Crippen LogP contribution in [0, 0.1) is 16.0 Å². The van der Waals surface area contributed by atoms with E-state index in [1.54, 1.807) is 36.9 Å². The molecule has 172 valence electrons. The summed E-state index contributed by atoms with van der Waals surface area (Å²) in [4.78, 5) is 51.9. The van der Waals surface area contributed by atoms with Gasteiger partial charge in [-0.2, -0.15) is 0 Å². The molecule has 4 rings (SSSR count). The number of benzene rings is 2. The van der Waals surface area contributed by atoms with E-state index in [-0.39, 0.29) is 42.2 Å². The van der Waals surface area contributed by atoms with Gasteiger partial charge in [0.05, 0.1) is 28.9 Å². The Labute approximate surface area is 189 Å². The first-order chi connectivity index (χ1) is 15.7. The lowest BCUT2D eigenvalue weighted by molar-refractivity contribution is -0.384. The van der Waals surface area contributed by atoms with E-state index >= 15 is 0 Å². The number of nitrogens with zero attached hydrogens (tertiary/aromatic N) is 3. The summed E-state index contributed by atoms with van der Waals surface area (Å²) in [7, 11) is 0. The number of anilines is 2. The molecule has 0 aliphatic carbocycles. The van der Waals surface area contributed by atoms with Crippen LogP contribution in [0.4, 0.5) is 17.1 Å². The van der Waals surface area contributed by atoms with Gasteiger partial charge in [-0.25, -0.2) is 0 Å². The van der Waals surface area contributed by atoms with Crippen molar-refractivity contribution in [1.29, 1.82) is 0 Å². The second-order valence-electron chi connectivity index (χ2n) is 8.15. The van der Waals surface area contributed by atoms with E-state index in [9.17, 15) is 24.5 Å². The largest absolute Gasteiger partial charge is 0.482 e. The zero-order valence-corrected chi connectivity index (χ0v) is 18.4. The first-order valence-corrected chi connectivity index (χ1v) is 10.6. The topological polar surface area (TPSA) is 119 Å². The van der Waals surface area contributed by atoms with Crippen molar-refractivity contribution in [1.82, 2.24) is 0 Å². The first-order valence-electron chi connectivity index (χ1n) is 10.6. The lowest BCUT2D eigenvalue weighted by Gasteiger charge is -2.35. The number of nitro benzene ring substituents is 1. The highest BCUT2D eigenvalue weighted by molar-refractivity contribution is 6.09. The molecule has 2 aliphatic heterocycles. The van der Waals surface area contributed by atoms with Crippen LogP contribution >= 0.6 is 0 Å². The second-order valence-corrected chi connectivity index (χ2v) is 8.15. The highest BCUT2D eigenvalue weighted by Gasteiger charge is 2.38. The van der Waals surface area contributed by atoms with Crippen LogP contribution in [0.5, 0.6) is 11.5 Å². The van der Waals surface area contributed by atoms with Gasteiger partial charge in [0, 0.05) is 18.2 Å². The Morgan fingerprint density at radius 3 is 2.55 bits per heavy atom. The zero-order chi connectivity index (χ0) is 23.9. The van der Waals surface area contributed by atoms with Crippen molar-refractivity contribution in [3.63, 3.8) is 0 Å². The molecule has 2 aromatic rings. The fourth-order valence-electron chi connectivity index (χ4n) is 3.93. The number of non-ortho nitro benzene ring substituents is 1. The molecule has 1 unspecified atom stereocenters. The van der Waals surface area contributed by atoms with Crippen molar-refractivity contribution in [2.24, 2.45) is 5.92 Å². The summed E-state index contributed by atoms with van der Waals surface area (Å²) in [6.07, 6.45) is -0.877. The van der Waals surface area contributed by atoms with Crippen LogP contribution in [0.3, 0.4) is 0 Å². The van der Waals surface area contributed by atoms with Crippen molar-refractivity contribution in [2.75, 3.05) is 29.5 Å². The molecule has 1 atom stereocenters. The normalized spacial score (nSPS) is 17.3. The molecule has 33 heavy (non-hydrogen) atoms. The molecule has 2 aliphatic rings. The zero-order valence-electron chi connectivity index (χ0n) is 18.4. The van der Waals surface area contributed by atoms with Gasteiger partial charge >= 0.3 is 0 Å². The fraction of sp³-hybridized carbons (Fsp3) is 0.348. The third-order valence-corrected chi connectivity index (χ3v) is 5.66. The summed E-state index contributed by atoms with van der Waals surface area (Å²) in [5, 5.41) is 11.2. The Hall–Kier alpha value is -3.95. The van der Waals surface area contributed by atoms with Crippen molar-refractivity contribution in [2.45, 2.75) is 26.9 Å². The molecule has 0 fully saturated rings. The molecule has 0 saturated heterocycles. The third kappa shape index (κ3) is 3.99. The highest BCUT2D eigenvalue weighted by atomic mass is 16.6. The summed E-state index contributed by atoms with van der Waals surface area (Å²) in [5.74, 6) is -0.481. The maximum atomic E-state index is 13.2. The van der Waals surface area contributed by atoms with Crippen molar-refractivity contribution >= 4 is 34.7 Å². The summed E-state index contributed by atoms with van der Waals surface area (Å²) >= 11 is 0. The van der Waals surface area contributed by atoms with Gasteiger partial charge in [0.1, 0.15) is 5.75 Å². The van der Waals surface area contributed by atoms with Crippen molar-refractivity contribution < 1.29 is 28.8 Å². The molecule has 2 amide bonds. The van der Waals surface area contributed by atoms with Gasteiger partial charge in [-0.1, -0.05) is 13.8 Å². The van der Waals surface area contributed by atoms with Gasteiger partial charge in [0.15, 0.2) is 24.2 Å². The molecule has 0 aromatic heterocycles. The number of amides is 2. The molecular formula is C23H23N3O7. The minimum absolute atomic E-state index is 0.0596. The molecule has 0 bridgehead atoms. The lowest BCUT2D eigenvalue weighted by Crippen LogP contribution is -2.50. The van der Waals surface area contributed by atoms with Crippen molar-refractivity contribution in [3.8, 4) is 11.5 Å². The number of fused-ring (bicyclic) bond motifs is 2. The SMILES string of the molecule is CCN1C(=O)COc2ccc(C(=O)CN3C(=O)C(C(C)C)Oc4cc([N+](=O)[O-])ccc43)cc21. The predicted octanol–water partition coefficient (Wildman–Crippen LogP) is 2.97. The number of ketones is 1. The van der Waals surface area contributed by atoms with Crippen LogP contribution in [0.2, 0.25) is 0 Å². The van der Waals surface area contributed by atoms with E-state index in [2.05, 4.69) is 0 Å². The molecule has 2 heterocycles. The fourth-order valence-corrected chi connectivity index (χ4v) is 3.93. The minimum atomic E-state index is -0.877. The Bertz CT molecular complexity index is 1160. The van der Waals surface area contributed by atoms with Gasteiger partial charge in [-0.3, -0.25) is 29.4 Å². The van der Waals surface area contributed by atoms with Gasteiger partial charge in [0.25, 0.3) is 17.5 Å². The first kappa shape index (κ1) is 22.3. The Morgan fingerprint density at radius 1 is 1.12 bits per heavy atom. The molecule has 2 aromatic carbocycles. The van der Waals surface area contributed by atoms with E-state index in [1.807, 2.05) is 6.92 Å². The molecule has 10 heteroatoms. The summed E-state index contributed by atoms with van der Waals surface area (Å²) in [5.41, 5.74) is 0.941. The highest BCUT2D eigenvalue weighted by Crippen LogP contribution is 2.39. The van der Waals surface area contributed by atoms with E-state index in [0.717, 1.165) is 0 Å². The molecule has 0 spiro atoms. The lowest BCUT2D eigenvalue weighted by atomic mass is 10.0. The van der Waals surface area contributed by atoms with Crippen LogP contribution in [-0.4, -0.2) is 48.3 Å². The average molecular weight is 453 g/mol. The van der Waals surface area contributed by atoms with Crippen LogP contribution in [-0.2, 0) is 9.59 Å². The smallest absolute Gasteiger partial charge is 0.273 e. The van der Waals surface area contributed by atoms with Crippen LogP contribution in [0.15, 0.2) is 36.4 Å². The third-order valence-electron chi connectivity index (χ3n) is 5.66. The maximum absolute atomic E-state index is 13.2. The maximum Gasteiger partial charge on any atom is 0.273 e. The van der Waals surface area contributed by atoms with Gasteiger partial charge < -0.3 is 14.4 Å². The number of likely N-dealkylation sites (N-methyl/N-ethyl adjacent to an activating group) is 1. The number of hydrogen-bond acceptors (Lipinski definition) is 7. The molecule has 0 N–H and O–H groups in total. The van der Waals surface area contributed by atoms with Crippen LogP contribution < -0.4 is 19.3 Å². The number of hydrogen-bond donors (Lipinski definition) is 0. The Morgan fingerprint density at radius 2 is 1.88 bits per heavy atom. The number of Topliss-reactive ketones (excluding diaryl/α,β-unsaturated/α-hetero) is 1. The number of nitro groups is 1. The molecule has 10 nitrogen and oxygen atoms in total. The van der Waals surface area contributed by atoms with Gasteiger partial charge in [-0.05, 0) is 37.1 Å². The average Bonchev–Trinajstić information content (AvgIpc) is 2.79. The second kappa shape index (κ2) is 8.53. The summed E-state index contributed by atoms with van der Waals surface area (Å²) in [6, 6.07) is 8.74. The standard InChI is InChI=1S/C23H23N3O7/c1-4-24-17-9-14(5-8-19(17)32-12-21(24)28)18(27)11-25-16-7-6-15(26(30)31)10-20(16)33-22(13(2)3)23(25)29/h5-10,13,22H,4,11-12H2,1-3H3. The number of carbonyl (C=O) groups excluding carboxylic acids is 3. The summed E-state index contributed by atoms with van der Waals surface area (Å²) < 4.78 is 11.2. The minimum Gasteiger partial charge on any atom is -0.482 e. The number of rotatable bonds is 6.